The lowest BCUT2D eigenvalue weighted by atomic mass is 10.1. The first kappa shape index (κ1) is 21.2. The molecular weight excluding hydrogens is 402 g/mol. The lowest BCUT2D eigenvalue weighted by molar-refractivity contribution is 0.252. The minimum atomic E-state index is -0.282. The molecule has 0 aliphatic carbocycles. The highest BCUT2D eigenvalue weighted by molar-refractivity contribution is 5.89. The first-order valence-corrected chi connectivity index (χ1v) is 10.6. The maximum atomic E-state index is 12.2. The predicted octanol–water partition coefficient (Wildman–Crippen LogP) is 4.84. The zero-order valence-corrected chi connectivity index (χ0v) is 17.9. The zero-order valence-electron chi connectivity index (χ0n) is 17.9. The topological polar surface area (TPSA) is 89.0 Å². The normalized spacial score (nSPS) is 10.7. The van der Waals surface area contributed by atoms with Crippen LogP contribution < -0.4 is 15.4 Å². The van der Waals surface area contributed by atoms with E-state index in [1.54, 1.807) is 25.4 Å². The van der Waals surface area contributed by atoms with Gasteiger partial charge in [0.05, 0.1) is 19.0 Å². The maximum absolute atomic E-state index is 12.2. The molecule has 0 bridgehead atoms. The molecule has 0 unspecified atom stereocenters. The number of urea groups is 1. The van der Waals surface area contributed by atoms with Crippen molar-refractivity contribution in [2.45, 2.75) is 19.3 Å². The Morgan fingerprint density at radius 1 is 0.938 bits per heavy atom. The zero-order chi connectivity index (χ0) is 22.2. The largest absolute Gasteiger partial charge is 0.497 e. The molecule has 2 heterocycles. The minimum absolute atomic E-state index is 0.282. The molecule has 0 aliphatic heterocycles. The Hall–Kier alpha value is -4.00. The number of ether oxygens (including phenoxy) is 1. The maximum Gasteiger partial charge on any atom is 0.320 e. The van der Waals surface area contributed by atoms with Gasteiger partial charge in [0, 0.05) is 12.1 Å². The van der Waals surface area contributed by atoms with Crippen molar-refractivity contribution in [2.24, 2.45) is 0 Å². The predicted molar refractivity (Wildman–Crippen MR) is 126 cm³/mol. The van der Waals surface area contributed by atoms with Gasteiger partial charge in [-0.25, -0.2) is 14.8 Å². The summed E-state index contributed by atoms with van der Waals surface area (Å²) in [6, 6.07) is 21.2. The summed E-state index contributed by atoms with van der Waals surface area (Å²) in [7, 11) is 1.63. The van der Waals surface area contributed by atoms with E-state index >= 15 is 0 Å². The minimum Gasteiger partial charge on any atom is -0.497 e. The van der Waals surface area contributed by atoms with Crippen LogP contribution in [0.2, 0.25) is 0 Å². The van der Waals surface area contributed by atoms with Crippen LogP contribution in [0.15, 0.2) is 72.9 Å². The van der Waals surface area contributed by atoms with Gasteiger partial charge in [-0.3, -0.25) is 10.3 Å². The fraction of sp³-hybridized carbons (Fsp3) is 0.200. The van der Waals surface area contributed by atoms with E-state index in [0.717, 1.165) is 30.6 Å². The third kappa shape index (κ3) is 5.57. The molecule has 2 N–H and O–H groups in total. The van der Waals surface area contributed by atoms with Gasteiger partial charge in [-0.2, -0.15) is 0 Å². The highest BCUT2D eigenvalue weighted by Gasteiger charge is 2.08. The summed E-state index contributed by atoms with van der Waals surface area (Å²) in [6.07, 6.45) is 4.64. The number of carbonyl (C=O) groups excluding carboxylic acids is 1. The molecular formula is C25H25N5O2. The van der Waals surface area contributed by atoms with Crippen LogP contribution >= 0.6 is 0 Å². The summed E-state index contributed by atoms with van der Waals surface area (Å²) in [4.78, 5) is 25.7. The van der Waals surface area contributed by atoms with Crippen LogP contribution in [0.5, 0.6) is 5.75 Å². The fourth-order valence-electron chi connectivity index (χ4n) is 3.33. The second-order valence-corrected chi connectivity index (χ2v) is 7.35. The summed E-state index contributed by atoms with van der Waals surface area (Å²) in [5.74, 6) is 1.21. The number of aromatic nitrogens is 3. The third-order valence-corrected chi connectivity index (χ3v) is 5.05. The molecule has 32 heavy (non-hydrogen) atoms. The smallest absolute Gasteiger partial charge is 0.320 e. The van der Waals surface area contributed by atoms with E-state index in [-0.39, 0.29) is 6.03 Å². The quantitative estimate of drug-likeness (QED) is 0.393. The average Bonchev–Trinajstić information content (AvgIpc) is 2.84. The molecule has 162 valence electrons. The summed E-state index contributed by atoms with van der Waals surface area (Å²) >= 11 is 0. The Morgan fingerprint density at radius 2 is 1.75 bits per heavy atom. The number of unbranched alkanes of at least 4 members (excludes halogenated alkanes) is 1. The van der Waals surface area contributed by atoms with Gasteiger partial charge in [0.25, 0.3) is 0 Å². The van der Waals surface area contributed by atoms with Crippen LogP contribution in [-0.2, 0) is 6.42 Å². The van der Waals surface area contributed by atoms with E-state index in [1.165, 1.54) is 5.56 Å². The van der Waals surface area contributed by atoms with Crippen LogP contribution in [0.1, 0.15) is 18.4 Å². The monoisotopic (exact) mass is 427 g/mol. The van der Waals surface area contributed by atoms with E-state index < -0.39 is 0 Å². The van der Waals surface area contributed by atoms with Gasteiger partial charge in [0.1, 0.15) is 17.1 Å². The molecule has 2 aromatic carbocycles. The number of nitrogens with zero attached hydrogens (tertiary/aromatic N) is 3. The van der Waals surface area contributed by atoms with Gasteiger partial charge in [-0.15, -0.1) is 0 Å². The van der Waals surface area contributed by atoms with Crippen LogP contribution in [0.3, 0.4) is 0 Å². The molecule has 0 spiro atoms. The van der Waals surface area contributed by atoms with Crippen molar-refractivity contribution in [3.63, 3.8) is 0 Å². The summed E-state index contributed by atoms with van der Waals surface area (Å²) in [5.41, 5.74) is 4.06. The second kappa shape index (κ2) is 10.3. The summed E-state index contributed by atoms with van der Waals surface area (Å²) < 4.78 is 5.20. The van der Waals surface area contributed by atoms with Crippen molar-refractivity contribution in [3.05, 3.63) is 78.5 Å². The van der Waals surface area contributed by atoms with Gasteiger partial charge in [0.2, 0.25) is 0 Å². The van der Waals surface area contributed by atoms with Gasteiger partial charge in [0.15, 0.2) is 5.65 Å². The number of carbonyl (C=O) groups is 1. The third-order valence-electron chi connectivity index (χ3n) is 5.05. The molecule has 2 aromatic heterocycles. The Bertz CT molecular complexity index is 1180. The number of rotatable bonds is 8. The van der Waals surface area contributed by atoms with Crippen LogP contribution in [0.25, 0.3) is 22.4 Å². The molecule has 7 nitrogen and oxygen atoms in total. The Morgan fingerprint density at radius 3 is 2.53 bits per heavy atom. The molecule has 0 atom stereocenters. The number of anilines is 1. The second-order valence-electron chi connectivity index (χ2n) is 7.35. The summed E-state index contributed by atoms with van der Waals surface area (Å²) in [6.45, 7) is 0.605. The van der Waals surface area contributed by atoms with Gasteiger partial charge >= 0.3 is 6.03 Å². The molecule has 7 heteroatoms. The Labute approximate surface area is 186 Å². The molecule has 0 fully saturated rings. The van der Waals surface area contributed by atoms with E-state index in [9.17, 15) is 4.79 Å². The molecule has 0 aliphatic rings. The molecule has 4 rings (SSSR count). The number of hydrogen-bond donors (Lipinski definition) is 2. The number of fused-ring (bicyclic) bond motifs is 1. The van der Waals surface area contributed by atoms with Gasteiger partial charge < -0.3 is 10.1 Å². The highest BCUT2D eigenvalue weighted by atomic mass is 16.5. The number of aryl methyl sites for hydroxylation is 1. The molecule has 0 saturated heterocycles. The average molecular weight is 428 g/mol. The van der Waals surface area contributed by atoms with Crippen molar-refractivity contribution >= 4 is 23.0 Å². The number of hydrogen-bond acceptors (Lipinski definition) is 5. The van der Waals surface area contributed by atoms with Crippen molar-refractivity contribution in [3.8, 4) is 17.0 Å². The summed E-state index contributed by atoms with van der Waals surface area (Å²) in [5, 5.41) is 5.65. The van der Waals surface area contributed by atoms with Crippen molar-refractivity contribution in [2.75, 3.05) is 19.0 Å². The molecule has 0 saturated carbocycles. The lowest BCUT2D eigenvalue weighted by Gasteiger charge is -2.08. The van der Waals surface area contributed by atoms with E-state index in [1.807, 2.05) is 42.5 Å². The van der Waals surface area contributed by atoms with E-state index in [4.69, 9.17) is 4.74 Å². The first-order chi connectivity index (χ1) is 15.7. The number of pyridine rings is 1. The van der Waals surface area contributed by atoms with Crippen LogP contribution in [0, 0.1) is 0 Å². The number of benzene rings is 2. The van der Waals surface area contributed by atoms with E-state index in [0.29, 0.717) is 29.2 Å². The van der Waals surface area contributed by atoms with Crippen molar-refractivity contribution in [1.29, 1.82) is 0 Å². The molecule has 0 radical (unpaired) electrons. The van der Waals surface area contributed by atoms with Crippen LogP contribution in [-0.4, -0.2) is 34.6 Å². The van der Waals surface area contributed by atoms with Crippen molar-refractivity contribution < 1.29 is 9.53 Å². The van der Waals surface area contributed by atoms with E-state index in [2.05, 4.69) is 37.7 Å². The fourth-order valence-corrected chi connectivity index (χ4v) is 3.33. The standard InChI is InChI=1S/C25H25N5O2/c1-32-20-12-10-19(11-13-20)22-17-27-21-14-15-23(29-24(21)28-22)30-25(31)26-16-6-5-9-18-7-3-2-4-8-18/h2-4,7-8,10-15,17H,5-6,9,16H2,1H3,(H2,26,28,29,30,31). The molecule has 4 aromatic rings. The van der Waals surface area contributed by atoms with Gasteiger partial charge in [-0.05, 0) is 61.2 Å². The first-order valence-electron chi connectivity index (χ1n) is 10.6. The Kier molecular flexibility index (Phi) is 6.87. The number of amides is 2. The number of methoxy groups -OCH3 is 1. The van der Waals surface area contributed by atoms with Crippen molar-refractivity contribution in [1.82, 2.24) is 20.3 Å². The number of nitrogens with one attached hydrogen (secondary N) is 2. The lowest BCUT2D eigenvalue weighted by Crippen LogP contribution is -2.29. The van der Waals surface area contributed by atoms with Crippen LogP contribution in [0.4, 0.5) is 10.6 Å². The van der Waals surface area contributed by atoms with Gasteiger partial charge in [-0.1, -0.05) is 30.3 Å². The Balaban J connectivity index is 1.32. The molecule has 2 amide bonds. The highest BCUT2D eigenvalue weighted by Crippen LogP contribution is 2.22. The SMILES string of the molecule is COc1ccc(-c2cnc3ccc(NC(=O)NCCCCc4ccccc4)nc3n2)cc1.